The Bertz CT molecular complexity index is 133. The van der Waals surface area contributed by atoms with Gasteiger partial charge in [-0.2, -0.15) is 0 Å². The molecule has 10 N–H and O–H groups in total. The first-order valence-corrected chi connectivity index (χ1v) is 6.79. The number of nitrogens with one attached hydrogen (secondary N) is 2. The van der Waals surface area contributed by atoms with Crippen molar-refractivity contribution in [2.24, 2.45) is 11.5 Å². The van der Waals surface area contributed by atoms with Crippen molar-refractivity contribution >= 4 is 0 Å². The van der Waals surface area contributed by atoms with Crippen LogP contribution in [0.3, 0.4) is 0 Å². The topological polar surface area (TPSA) is 214 Å². The number of hydrogen-bond donors (Lipinski definition) is 4. The maximum atomic E-state index is 8.49. The fourth-order valence-corrected chi connectivity index (χ4v) is 0.631. The van der Waals surface area contributed by atoms with Crippen LogP contribution >= 0.6 is 0 Å². The third kappa shape index (κ3) is 79.0. The first-order valence-electron chi connectivity index (χ1n) is 5.56. The van der Waals surface area contributed by atoms with Crippen molar-refractivity contribution in [2.75, 3.05) is 52.5 Å². The summed E-state index contributed by atoms with van der Waals surface area (Å²) in [7, 11) is -4.94. The Kier molecular flexibility index (Phi) is 34.8. The second-order valence-electron chi connectivity index (χ2n) is 2.96. The van der Waals surface area contributed by atoms with Gasteiger partial charge in [0.1, 0.15) is 0 Å². The zero-order valence-corrected chi connectivity index (χ0v) is 12.9. The molecule has 0 aliphatic carbocycles. The van der Waals surface area contributed by atoms with Gasteiger partial charge in [-0.1, -0.05) is 0 Å². The van der Waals surface area contributed by atoms with Crippen LogP contribution < -0.4 is 40.7 Å². The average Bonchev–Trinajstić information content (AvgIpc) is 2.29. The fraction of sp³-hybridized carbons (Fsp3) is 1.00. The Morgan fingerprint density at radius 1 is 0.750 bits per heavy atom. The predicted octanol–water partition coefficient (Wildman–Crippen LogP) is -8.24. The van der Waals surface area contributed by atoms with E-state index in [0.717, 1.165) is 26.2 Å². The van der Waals surface area contributed by atoms with Gasteiger partial charge in [0, 0.05) is 26.2 Å². The van der Waals surface area contributed by atoms with Crippen LogP contribution in [0.5, 0.6) is 0 Å². The summed E-state index contributed by atoms with van der Waals surface area (Å²) in [6, 6.07) is 0. The van der Waals surface area contributed by atoms with Gasteiger partial charge in [0.05, 0.1) is 13.1 Å². The summed E-state index contributed by atoms with van der Waals surface area (Å²) in [4.78, 5) is 0. The summed E-state index contributed by atoms with van der Waals surface area (Å²) in [6.07, 6.45) is 0. The van der Waals surface area contributed by atoms with E-state index in [-0.39, 0.29) is 16.5 Å². The van der Waals surface area contributed by atoms with Crippen molar-refractivity contribution in [2.45, 2.75) is 0 Å². The van der Waals surface area contributed by atoms with Crippen molar-refractivity contribution in [3.63, 3.8) is 0 Å². The van der Waals surface area contributed by atoms with Gasteiger partial charge in [0.2, 0.25) is 0 Å². The first-order chi connectivity index (χ1) is 8.83. The molecular formula is C8H26ClN4NiO6+3. The molecule has 0 aromatic rings. The predicted molar refractivity (Wildman–Crippen MR) is 60.8 cm³/mol. The zero-order valence-electron chi connectivity index (χ0n) is 11.1. The molecule has 10 nitrogen and oxygen atoms in total. The van der Waals surface area contributed by atoms with Crippen LogP contribution in [0, 0.1) is 10.2 Å². The van der Waals surface area contributed by atoms with Gasteiger partial charge in [-0.05, 0) is 0 Å². The molecule has 0 amide bonds. The first kappa shape index (κ1) is 28.5. The van der Waals surface area contributed by atoms with E-state index in [0.29, 0.717) is 26.3 Å². The summed E-state index contributed by atoms with van der Waals surface area (Å²) in [5.41, 5.74) is 10.3. The van der Waals surface area contributed by atoms with E-state index in [1.54, 1.807) is 0 Å². The Morgan fingerprint density at radius 2 is 1.00 bits per heavy atom. The molecule has 0 heterocycles. The molecule has 0 aliphatic rings. The summed E-state index contributed by atoms with van der Waals surface area (Å²) in [5, 5.41) is 19.3. The molecule has 0 spiro atoms. The van der Waals surface area contributed by atoms with E-state index in [4.69, 9.17) is 40.3 Å². The minimum absolute atomic E-state index is 0. The molecule has 20 heavy (non-hydrogen) atoms. The molecule has 0 aromatic heterocycles. The molecule has 128 valence electrons. The second-order valence-corrected chi connectivity index (χ2v) is 3.71. The zero-order chi connectivity index (χ0) is 15.6. The molecule has 0 fully saturated rings. The normalized spacial score (nSPS) is 9.60. The van der Waals surface area contributed by atoms with E-state index in [9.17, 15) is 0 Å². The molecule has 0 saturated heterocycles. The third-order valence-electron chi connectivity index (χ3n) is 1.25. The third-order valence-corrected chi connectivity index (χ3v) is 1.25. The van der Waals surface area contributed by atoms with Crippen molar-refractivity contribution in [1.29, 1.82) is 0 Å². The smallest absolute Gasteiger partial charge is 0.444 e. The summed E-state index contributed by atoms with van der Waals surface area (Å²) < 4.78 is 34.0. The van der Waals surface area contributed by atoms with Crippen LogP contribution in [0.15, 0.2) is 0 Å². The Morgan fingerprint density at radius 3 is 1.15 bits per heavy atom. The van der Waals surface area contributed by atoms with E-state index in [2.05, 4.69) is 10.6 Å². The number of halogens is 1. The molecule has 0 rings (SSSR count). The molecule has 0 bridgehead atoms. The van der Waals surface area contributed by atoms with E-state index >= 15 is 0 Å². The van der Waals surface area contributed by atoms with Gasteiger partial charge in [-0.15, -0.1) is 10.2 Å². The van der Waals surface area contributed by atoms with Crippen molar-refractivity contribution in [1.82, 2.24) is 10.6 Å². The molecule has 0 atom stereocenters. The number of rotatable bonds is 8. The van der Waals surface area contributed by atoms with Crippen LogP contribution in [-0.4, -0.2) is 62.7 Å². The van der Waals surface area contributed by atoms with Gasteiger partial charge in [0.15, 0.2) is 13.2 Å². The molecule has 0 saturated carbocycles. The summed E-state index contributed by atoms with van der Waals surface area (Å²) >= 11 is 0. The quantitative estimate of drug-likeness (QED) is 0.183. The minimum Gasteiger partial charge on any atom is -0.444 e. The monoisotopic (exact) mass is 367 g/mol. The number of hydrogen-bond acceptors (Lipinski definition) is 8. The van der Waals surface area contributed by atoms with Gasteiger partial charge >= 0.3 is 16.5 Å². The van der Waals surface area contributed by atoms with E-state index < -0.39 is 10.2 Å². The van der Waals surface area contributed by atoms with Gasteiger partial charge in [-0.3, -0.25) is 0 Å². The molecule has 0 aromatic carbocycles. The Labute approximate surface area is 130 Å². The largest absolute Gasteiger partial charge is 2.00 e. The van der Waals surface area contributed by atoms with Crippen molar-refractivity contribution < 1.29 is 55.6 Å². The average molecular weight is 368 g/mol. The molecule has 0 unspecified atom stereocenters. The molecule has 12 heteroatoms. The summed E-state index contributed by atoms with van der Waals surface area (Å²) in [5.74, 6) is 0. The SMILES string of the molecule is NCCNCC[OH2+].NCCNCC[OH2+].[Ni+2].[O-][Cl+3]([O-])([O-])[O-]. The minimum atomic E-state index is -4.94. The standard InChI is InChI=1S/2C4H12N2O.ClHO4.Ni/c2*5-1-2-6-3-4-7;2-1(3,4)5;/h2*6-7H,1-5H2;(H,2,3,4,5);/q;;;+2/p+1. The van der Waals surface area contributed by atoms with E-state index in [1.165, 1.54) is 0 Å². The second kappa shape index (κ2) is 24.4. The Hall–Kier alpha value is 0.384. The number of nitrogens with two attached hydrogens (primary N) is 2. The van der Waals surface area contributed by atoms with Crippen LogP contribution in [0.1, 0.15) is 0 Å². The molecular weight excluding hydrogens is 342 g/mol. The van der Waals surface area contributed by atoms with Crippen LogP contribution in [-0.2, 0) is 16.5 Å². The summed E-state index contributed by atoms with van der Waals surface area (Å²) in [6.45, 7) is 5.41. The van der Waals surface area contributed by atoms with Crippen molar-refractivity contribution in [3.05, 3.63) is 0 Å². The van der Waals surface area contributed by atoms with Crippen LogP contribution in [0.25, 0.3) is 0 Å². The van der Waals surface area contributed by atoms with Crippen LogP contribution in [0.2, 0.25) is 0 Å². The molecule has 0 aliphatic heterocycles. The molecule has 0 radical (unpaired) electrons. The van der Waals surface area contributed by atoms with Gasteiger partial charge in [-0.25, -0.2) is 18.6 Å². The maximum Gasteiger partial charge on any atom is 2.00 e. The fourth-order valence-electron chi connectivity index (χ4n) is 0.631. The van der Waals surface area contributed by atoms with Crippen LogP contribution in [0.4, 0.5) is 0 Å². The Balaban J connectivity index is -0.0000000952. The van der Waals surface area contributed by atoms with Gasteiger partial charge < -0.3 is 32.3 Å². The van der Waals surface area contributed by atoms with E-state index in [1.807, 2.05) is 0 Å². The maximum absolute atomic E-state index is 8.49. The van der Waals surface area contributed by atoms with Gasteiger partial charge in [0.25, 0.3) is 0 Å². The van der Waals surface area contributed by atoms with Crippen molar-refractivity contribution in [3.8, 4) is 0 Å².